The van der Waals surface area contributed by atoms with Crippen molar-refractivity contribution in [1.82, 2.24) is 4.98 Å². The Bertz CT molecular complexity index is 462. The minimum Gasteiger partial charge on any atom is -0.396 e. The van der Waals surface area contributed by atoms with Crippen LogP contribution < -0.4 is 10.6 Å². The van der Waals surface area contributed by atoms with E-state index in [2.05, 4.69) is 21.7 Å². The second-order valence-corrected chi connectivity index (χ2v) is 5.30. The highest BCUT2D eigenvalue weighted by atomic mass is 32.2. The lowest BCUT2D eigenvalue weighted by atomic mass is 10.1. The zero-order chi connectivity index (χ0) is 14.8. The van der Waals surface area contributed by atoms with Crippen LogP contribution in [0.4, 0.5) is 11.6 Å². The second kappa shape index (κ2) is 9.42. The first kappa shape index (κ1) is 16.6. The smallest absolute Gasteiger partial charge is 0.146 e. The fourth-order valence-electron chi connectivity index (χ4n) is 1.62. The summed E-state index contributed by atoms with van der Waals surface area (Å²) in [6, 6.07) is 3.95. The standard InChI is InChI=1S/C13H20N4O2S/c1-10-8-12(15-3-6-20-7-5-19)17-13(11(10)9-14)16-2-4-18/h8,18-19H,2-7H2,1H3,(H2,15,16,17). The third-order valence-electron chi connectivity index (χ3n) is 2.52. The summed E-state index contributed by atoms with van der Waals surface area (Å²) in [5, 5.41) is 32.8. The molecule has 4 N–H and O–H groups in total. The number of thioether (sulfide) groups is 1. The molecule has 0 bridgehead atoms. The Kier molecular flexibility index (Phi) is 7.80. The van der Waals surface area contributed by atoms with E-state index >= 15 is 0 Å². The molecule has 0 saturated heterocycles. The molecule has 0 saturated carbocycles. The van der Waals surface area contributed by atoms with Crippen LogP contribution in [0.5, 0.6) is 0 Å². The van der Waals surface area contributed by atoms with Crippen molar-refractivity contribution in [2.24, 2.45) is 0 Å². The van der Waals surface area contributed by atoms with E-state index < -0.39 is 0 Å². The van der Waals surface area contributed by atoms with E-state index in [0.29, 0.717) is 23.7 Å². The Balaban J connectivity index is 2.67. The highest BCUT2D eigenvalue weighted by Crippen LogP contribution is 2.20. The molecule has 0 radical (unpaired) electrons. The van der Waals surface area contributed by atoms with Gasteiger partial charge in [0.25, 0.3) is 0 Å². The molecule has 0 aliphatic rings. The lowest BCUT2D eigenvalue weighted by Crippen LogP contribution is -2.12. The Labute approximate surface area is 123 Å². The molecular weight excluding hydrogens is 276 g/mol. The van der Waals surface area contributed by atoms with Crippen LogP contribution in [-0.2, 0) is 0 Å². The van der Waals surface area contributed by atoms with Crippen LogP contribution in [0, 0.1) is 18.3 Å². The number of nitrogens with zero attached hydrogens (tertiary/aromatic N) is 2. The second-order valence-electron chi connectivity index (χ2n) is 4.07. The molecule has 0 aliphatic heterocycles. The maximum absolute atomic E-state index is 9.12. The number of aliphatic hydroxyl groups excluding tert-OH is 2. The summed E-state index contributed by atoms with van der Waals surface area (Å²) in [5.41, 5.74) is 1.34. The predicted octanol–water partition coefficient (Wildman–Crippen LogP) is 0.803. The number of pyridine rings is 1. The SMILES string of the molecule is Cc1cc(NCCSCCO)nc(NCCO)c1C#N. The van der Waals surface area contributed by atoms with Crippen LogP contribution in [0.3, 0.4) is 0 Å². The molecule has 0 aromatic carbocycles. The van der Waals surface area contributed by atoms with Crippen LogP contribution in [0.1, 0.15) is 11.1 Å². The number of aryl methyl sites for hydroxylation is 1. The molecule has 1 aromatic rings. The van der Waals surface area contributed by atoms with E-state index in [1.807, 2.05) is 13.0 Å². The lowest BCUT2D eigenvalue weighted by molar-refractivity contribution is 0.311. The normalized spacial score (nSPS) is 10.1. The Morgan fingerprint density at radius 2 is 2.05 bits per heavy atom. The van der Waals surface area contributed by atoms with Crippen molar-refractivity contribution in [2.75, 3.05) is 48.4 Å². The maximum atomic E-state index is 9.12. The highest BCUT2D eigenvalue weighted by Gasteiger charge is 2.09. The van der Waals surface area contributed by atoms with Gasteiger partial charge in [-0.15, -0.1) is 0 Å². The van der Waals surface area contributed by atoms with Gasteiger partial charge in [-0.2, -0.15) is 17.0 Å². The third kappa shape index (κ3) is 5.25. The Morgan fingerprint density at radius 3 is 2.70 bits per heavy atom. The molecule has 0 spiro atoms. The molecule has 1 rings (SSSR count). The number of aromatic nitrogens is 1. The van der Waals surface area contributed by atoms with E-state index in [9.17, 15) is 0 Å². The van der Waals surface area contributed by atoms with Crippen molar-refractivity contribution in [3.05, 3.63) is 17.2 Å². The summed E-state index contributed by atoms with van der Waals surface area (Å²) in [4.78, 5) is 4.35. The zero-order valence-electron chi connectivity index (χ0n) is 11.5. The largest absolute Gasteiger partial charge is 0.396 e. The lowest BCUT2D eigenvalue weighted by Gasteiger charge is -2.12. The quantitative estimate of drug-likeness (QED) is 0.500. The summed E-state index contributed by atoms with van der Waals surface area (Å²) in [6.45, 7) is 3.13. The molecule has 0 unspecified atom stereocenters. The van der Waals surface area contributed by atoms with Gasteiger partial charge in [0.2, 0.25) is 0 Å². The van der Waals surface area contributed by atoms with Crippen molar-refractivity contribution in [1.29, 1.82) is 5.26 Å². The Hall–Kier alpha value is -1.49. The topological polar surface area (TPSA) is 101 Å². The van der Waals surface area contributed by atoms with E-state index in [1.54, 1.807) is 11.8 Å². The first-order valence-corrected chi connectivity index (χ1v) is 7.57. The van der Waals surface area contributed by atoms with Gasteiger partial charge >= 0.3 is 0 Å². The molecule has 1 aromatic heterocycles. The summed E-state index contributed by atoms with van der Waals surface area (Å²) >= 11 is 1.66. The van der Waals surface area contributed by atoms with E-state index in [0.717, 1.165) is 23.6 Å². The van der Waals surface area contributed by atoms with Gasteiger partial charge < -0.3 is 20.8 Å². The summed E-state index contributed by atoms with van der Waals surface area (Å²) in [5.74, 6) is 2.80. The van der Waals surface area contributed by atoms with Crippen molar-refractivity contribution in [3.8, 4) is 6.07 Å². The van der Waals surface area contributed by atoms with Crippen LogP contribution in [-0.4, -0.2) is 53.0 Å². The molecule has 0 amide bonds. The number of nitrogens with one attached hydrogen (secondary N) is 2. The molecule has 0 aliphatic carbocycles. The van der Waals surface area contributed by atoms with Gasteiger partial charge in [-0.05, 0) is 18.6 Å². The average Bonchev–Trinajstić information content (AvgIpc) is 2.44. The van der Waals surface area contributed by atoms with Gasteiger partial charge in [0.1, 0.15) is 17.7 Å². The third-order valence-corrected chi connectivity index (χ3v) is 3.48. The summed E-state index contributed by atoms with van der Waals surface area (Å²) in [6.07, 6.45) is 0. The maximum Gasteiger partial charge on any atom is 0.146 e. The molecular formula is C13H20N4O2S. The monoisotopic (exact) mass is 296 g/mol. The van der Waals surface area contributed by atoms with Gasteiger partial charge in [-0.3, -0.25) is 0 Å². The number of aliphatic hydroxyl groups is 2. The molecule has 0 atom stereocenters. The minimum absolute atomic E-state index is 0.0128. The van der Waals surface area contributed by atoms with Gasteiger partial charge in [0, 0.05) is 24.6 Å². The van der Waals surface area contributed by atoms with Crippen LogP contribution in [0.25, 0.3) is 0 Å². The number of hydrogen-bond donors (Lipinski definition) is 4. The van der Waals surface area contributed by atoms with Crippen molar-refractivity contribution < 1.29 is 10.2 Å². The number of rotatable bonds is 9. The van der Waals surface area contributed by atoms with Crippen molar-refractivity contribution in [2.45, 2.75) is 6.92 Å². The predicted molar refractivity (Wildman–Crippen MR) is 82.2 cm³/mol. The van der Waals surface area contributed by atoms with Crippen LogP contribution in [0.2, 0.25) is 0 Å². The van der Waals surface area contributed by atoms with Gasteiger partial charge in [-0.1, -0.05) is 0 Å². The number of nitriles is 1. The van der Waals surface area contributed by atoms with Crippen LogP contribution in [0.15, 0.2) is 6.07 Å². The fraction of sp³-hybridized carbons (Fsp3) is 0.538. The average molecular weight is 296 g/mol. The minimum atomic E-state index is -0.0128. The molecule has 20 heavy (non-hydrogen) atoms. The van der Waals surface area contributed by atoms with Gasteiger partial charge in [0.15, 0.2) is 0 Å². The summed E-state index contributed by atoms with van der Waals surface area (Å²) in [7, 11) is 0. The Morgan fingerprint density at radius 1 is 1.25 bits per heavy atom. The van der Waals surface area contributed by atoms with Gasteiger partial charge in [-0.25, -0.2) is 4.98 Å². The highest BCUT2D eigenvalue weighted by molar-refractivity contribution is 7.99. The van der Waals surface area contributed by atoms with E-state index in [-0.39, 0.29) is 13.2 Å². The molecule has 0 fully saturated rings. The summed E-state index contributed by atoms with van der Waals surface area (Å²) < 4.78 is 0. The van der Waals surface area contributed by atoms with Crippen molar-refractivity contribution >= 4 is 23.4 Å². The zero-order valence-corrected chi connectivity index (χ0v) is 12.3. The molecule has 6 nitrogen and oxygen atoms in total. The van der Waals surface area contributed by atoms with Crippen molar-refractivity contribution in [3.63, 3.8) is 0 Å². The van der Waals surface area contributed by atoms with E-state index in [1.165, 1.54) is 0 Å². The fourth-order valence-corrected chi connectivity index (χ4v) is 2.20. The first-order chi connectivity index (χ1) is 9.72. The number of hydrogen-bond acceptors (Lipinski definition) is 7. The first-order valence-electron chi connectivity index (χ1n) is 6.42. The molecule has 7 heteroatoms. The van der Waals surface area contributed by atoms with Crippen LogP contribution >= 0.6 is 11.8 Å². The molecule has 110 valence electrons. The van der Waals surface area contributed by atoms with Gasteiger partial charge in [0.05, 0.1) is 18.8 Å². The molecule has 1 heterocycles. The van der Waals surface area contributed by atoms with E-state index in [4.69, 9.17) is 15.5 Å². The number of anilines is 2.